The molecule has 3 rings (SSSR count). The van der Waals surface area contributed by atoms with Crippen molar-refractivity contribution in [1.82, 2.24) is 0 Å². The number of nitrogens with one attached hydrogen (secondary N) is 1. The fraction of sp³-hybridized carbons (Fsp3) is 0. The standard InChI is InChI=1S/C18H13ClN2O2/c1-20-16-12-7-3-2-6-11(12)10-13(17(16)22)18(23)21-15-9-5-4-8-14(15)19/h2-10,22H,1H2,(H,21,23). The lowest BCUT2D eigenvalue weighted by molar-refractivity contribution is 0.102. The number of carbonyl (C=O) groups excluding carboxylic acids is 1. The van der Waals surface area contributed by atoms with Gasteiger partial charge in [-0.05, 0) is 30.3 Å². The number of anilines is 1. The van der Waals surface area contributed by atoms with Gasteiger partial charge in [-0.2, -0.15) is 0 Å². The molecule has 114 valence electrons. The van der Waals surface area contributed by atoms with Crippen LogP contribution in [0.3, 0.4) is 0 Å². The van der Waals surface area contributed by atoms with Crippen molar-refractivity contribution < 1.29 is 9.90 Å². The van der Waals surface area contributed by atoms with Gasteiger partial charge in [0, 0.05) is 5.39 Å². The fourth-order valence-corrected chi connectivity index (χ4v) is 2.59. The van der Waals surface area contributed by atoms with Gasteiger partial charge < -0.3 is 10.4 Å². The quantitative estimate of drug-likeness (QED) is 0.681. The first kappa shape index (κ1) is 15.1. The molecule has 0 spiro atoms. The van der Waals surface area contributed by atoms with Crippen molar-refractivity contribution in [2.45, 2.75) is 0 Å². The van der Waals surface area contributed by atoms with Gasteiger partial charge in [0.15, 0.2) is 5.75 Å². The Morgan fingerprint density at radius 3 is 2.57 bits per heavy atom. The molecule has 1 amide bonds. The zero-order valence-corrected chi connectivity index (χ0v) is 12.8. The second kappa shape index (κ2) is 6.10. The maximum atomic E-state index is 12.5. The molecule has 0 aliphatic rings. The first-order valence-corrected chi connectivity index (χ1v) is 7.27. The van der Waals surface area contributed by atoms with Crippen molar-refractivity contribution in [1.29, 1.82) is 0 Å². The van der Waals surface area contributed by atoms with E-state index in [1.807, 2.05) is 24.3 Å². The minimum absolute atomic E-state index is 0.117. The van der Waals surface area contributed by atoms with E-state index in [0.717, 1.165) is 10.8 Å². The number of aliphatic imine (C=N–C) groups is 1. The maximum absolute atomic E-state index is 12.5. The van der Waals surface area contributed by atoms with Gasteiger partial charge in [-0.15, -0.1) is 0 Å². The molecule has 23 heavy (non-hydrogen) atoms. The van der Waals surface area contributed by atoms with E-state index in [-0.39, 0.29) is 17.0 Å². The minimum atomic E-state index is -0.466. The van der Waals surface area contributed by atoms with Gasteiger partial charge in [-0.3, -0.25) is 9.79 Å². The summed E-state index contributed by atoms with van der Waals surface area (Å²) in [5.41, 5.74) is 0.873. The van der Waals surface area contributed by atoms with Gasteiger partial charge in [-0.25, -0.2) is 0 Å². The number of carbonyl (C=O) groups is 1. The van der Waals surface area contributed by atoms with E-state index in [4.69, 9.17) is 11.6 Å². The van der Waals surface area contributed by atoms with Crippen LogP contribution in [-0.2, 0) is 0 Å². The molecule has 0 atom stereocenters. The van der Waals surface area contributed by atoms with Crippen molar-refractivity contribution >= 4 is 46.4 Å². The Bertz CT molecular complexity index is 922. The number of aromatic hydroxyl groups is 1. The van der Waals surface area contributed by atoms with E-state index in [9.17, 15) is 9.90 Å². The molecule has 0 unspecified atom stereocenters. The number of hydrogen-bond donors (Lipinski definition) is 2. The maximum Gasteiger partial charge on any atom is 0.259 e. The van der Waals surface area contributed by atoms with Crippen LogP contribution < -0.4 is 5.32 Å². The summed E-state index contributed by atoms with van der Waals surface area (Å²) in [6.45, 7) is 3.48. The van der Waals surface area contributed by atoms with Crippen molar-refractivity contribution in [3.05, 3.63) is 65.2 Å². The first-order valence-electron chi connectivity index (χ1n) is 6.89. The van der Waals surface area contributed by atoms with Crippen LogP contribution in [0.2, 0.25) is 5.02 Å². The molecule has 0 aliphatic carbocycles. The summed E-state index contributed by atoms with van der Waals surface area (Å²) in [5.74, 6) is -0.672. The number of para-hydroxylation sites is 1. The molecule has 0 aliphatic heterocycles. The summed E-state index contributed by atoms with van der Waals surface area (Å²) >= 11 is 6.04. The number of phenolic OH excluding ortho intramolecular Hbond substituents is 1. The number of amides is 1. The predicted molar refractivity (Wildman–Crippen MR) is 94.2 cm³/mol. The van der Waals surface area contributed by atoms with Crippen molar-refractivity contribution in [3.63, 3.8) is 0 Å². The lowest BCUT2D eigenvalue weighted by atomic mass is 10.0. The highest BCUT2D eigenvalue weighted by atomic mass is 35.5. The molecule has 0 radical (unpaired) electrons. The third-order valence-corrected chi connectivity index (χ3v) is 3.85. The lowest BCUT2D eigenvalue weighted by Crippen LogP contribution is -2.12. The van der Waals surface area contributed by atoms with Gasteiger partial charge in [-0.1, -0.05) is 48.0 Å². The number of halogens is 1. The van der Waals surface area contributed by atoms with Gasteiger partial charge in [0.1, 0.15) is 5.69 Å². The van der Waals surface area contributed by atoms with Crippen molar-refractivity contribution in [3.8, 4) is 5.75 Å². The number of hydrogen-bond acceptors (Lipinski definition) is 3. The van der Waals surface area contributed by atoms with E-state index in [0.29, 0.717) is 10.7 Å². The van der Waals surface area contributed by atoms with Crippen LogP contribution in [-0.4, -0.2) is 17.7 Å². The van der Waals surface area contributed by atoms with E-state index in [2.05, 4.69) is 17.0 Å². The smallest absolute Gasteiger partial charge is 0.259 e. The fourth-order valence-electron chi connectivity index (χ4n) is 2.40. The summed E-state index contributed by atoms with van der Waals surface area (Å²) in [4.78, 5) is 16.4. The highest BCUT2D eigenvalue weighted by Crippen LogP contribution is 2.38. The molecule has 0 aromatic heterocycles. The van der Waals surface area contributed by atoms with Gasteiger partial charge >= 0.3 is 0 Å². The highest BCUT2D eigenvalue weighted by molar-refractivity contribution is 6.34. The van der Waals surface area contributed by atoms with Crippen LogP contribution in [0.1, 0.15) is 10.4 Å². The van der Waals surface area contributed by atoms with Gasteiger partial charge in [0.25, 0.3) is 5.91 Å². The molecular weight excluding hydrogens is 312 g/mol. The summed E-state index contributed by atoms with van der Waals surface area (Å²) in [7, 11) is 0. The Kier molecular flexibility index (Phi) is 4.00. The Morgan fingerprint density at radius 1 is 1.13 bits per heavy atom. The largest absolute Gasteiger partial charge is 0.505 e. The summed E-state index contributed by atoms with van der Waals surface area (Å²) in [6, 6.07) is 15.8. The van der Waals surface area contributed by atoms with E-state index in [1.54, 1.807) is 30.3 Å². The molecule has 0 fully saturated rings. The topological polar surface area (TPSA) is 61.7 Å². The Balaban J connectivity index is 2.09. The van der Waals surface area contributed by atoms with Crippen LogP contribution in [0, 0.1) is 0 Å². The van der Waals surface area contributed by atoms with Gasteiger partial charge in [0.2, 0.25) is 0 Å². The third-order valence-electron chi connectivity index (χ3n) is 3.52. The summed E-state index contributed by atoms with van der Waals surface area (Å²) in [5, 5.41) is 15.0. The molecule has 4 nitrogen and oxygen atoms in total. The molecule has 5 heteroatoms. The minimum Gasteiger partial charge on any atom is -0.505 e. The van der Waals surface area contributed by atoms with Gasteiger partial charge in [0.05, 0.1) is 16.3 Å². The number of fused-ring (bicyclic) bond motifs is 1. The van der Waals surface area contributed by atoms with E-state index >= 15 is 0 Å². The average molecular weight is 325 g/mol. The zero-order valence-electron chi connectivity index (χ0n) is 12.1. The molecule has 2 N–H and O–H groups in total. The van der Waals surface area contributed by atoms with Crippen LogP contribution in [0.5, 0.6) is 5.75 Å². The average Bonchev–Trinajstić information content (AvgIpc) is 2.56. The molecule has 0 heterocycles. The highest BCUT2D eigenvalue weighted by Gasteiger charge is 2.18. The first-order chi connectivity index (χ1) is 11.1. The monoisotopic (exact) mass is 324 g/mol. The SMILES string of the molecule is C=Nc1c(O)c(C(=O)Nc2ccccc2Cl)cc2ccccc12. The van der Waals surface area contributed by atoms with Crippen LogP contribution in [0.15, 0.2) is 59.6 Å². The van der Waals surface area contributed by atoms with E-state index < -0.39 is 5.91 Å². The number of benzene rings is 3. The normalized spacial score (nSPS) is 10.5. The Morgan fingerprint density at radius 2 is 1.83 bits per heavy atom. The lowest BCUT2D eigenvalue weighted by Gasteiger charge is -2.12. The van der Waals surface area contributed by atoms with Crippen molar-refractivity contribution in [2.75, 3.05) is 5.32 Å². The number of rotatable bonds is 3. The number of nitrogens with zero attached hydrogens (tertiary/aromatic N) is 1. The van der Waals surface area contributed by atoms with Crippen molar-refractivity contribution in [2.24, 2.45) is 4.99 Å². The summed E-state index contributed by atoms with van der Waals surface area (Å²) in [6.07, 6.45) is 0. The number of phenols is 1. The molecule has 0 saturated heterocycles. The Labute approximate surface area is 138 Å². The van der Waals surface area contributed by atoms with Crippen LogP contribution >= 0.6 is 11.6 Å². The molecule has 0 saturated carbocycles. The zero-order chi connectivity index (χ0) is 16.4. The van der Waals surface area contributed by atoms with Crippen LogP contribution in [0.25, 0.3) is 10.8 Å². The Hall–Kier alpha value is -2.85. The molecule has 3 aromatic rings. The molecule has 0 bridgehead atoms. The molecule has 3 aromatic carbocycles. The summed E-state index contributed by atoms with van der Waals surface area (Å²) < 4.78 is 0. The molecular formula is C18H13ClN2O2. The third kappa shape index (κ3) is 2.76. The predicted octanol–water partition coefficient (Wildman–Crippen LogP) is 4.78. The second-order valence-electron chi connectivity index (χ2n) is 4.93. The van der Waals surface area contributed by atoms with Crippen LogP contribution in [0.4, 0.5) is 11.4 Å². The van der Waals surface area contributed by atoms with E-state index in [1.165, 1.54) is 0 Å². The second-order valence-corrected chi connectivity index (χ2v) is 5.34.